The molecular formula is C29H38N4O2. The van der Waals surface area contributed by atoms with E-state index in [1.807, 2.05) is 11.0 Å². The number of aliphatic hydroxyl groups is 1. The van der Waals surface area contributed by atoms with Crippen molar-refractivity contribution in [2.24, 2.45) is 5.92 Å². The lowest BCUT2D eigenvalue weighted by Gasteiger charge is -2.36. The van der Waals surface area contributed by atoms with Gasteiger partial charge in [-0.05, 0) is 61.4 Å². The maximum atomic E-state index is 12.7. The number of aryl methyl sites for hydroxylation is 1. The van der Waals surface area contributed by atoms with E-state index in [4.69, 9.17) is 9.97 Å². The summed E-state index contributed by atoms with van der Waals surface area (Å²) in [6.45, 7) is 11.4. The fourth-order valence-electron chi connectivity index (χ4n) is 4.88. The summed E-state index contributed by atoms with van der Waals surface area (Å²) >= 11 is 0. The second-order valence-corrected chi connectivity index (χ2v) is 10.0. The second-order valence-electron chi connectivity index (χ2n) is 10.0. The molecule has 1 aromatic heterocycles. The minimum Gasteiger partial charge on any atom is -0.507 e. The number of aliphatic hydroxyl groups excluding tert-OH is 1. The van der Waals surface area contributed by atoms with Crippen molar-refractivity contribution in [3.05, 3.63) is 59.1 Å². The summed E-state index contributed by atoms with van der Waals surface area (Å²) in [6, 6.07) is 6.26. The van der Waals surface area contributed by atoms with Gasteiger partial charge in [-0.25, -0.2) is 9.97 Å². The Morgan fingerprint density at radius 1 is 1.14 bits per heavy atom. The summed E-state index contributed by atoms with van der Waals surface area (Å²) in [5.41, 5.74) is 3.78. The number of carbonyl (C=O) groups is 1. The van der Waals surface area contributed by atoms with Crippen LogP contribution in [0.2, 0.25) is 0 Å². The number of piperazine rings is 1. The maximum Gasteiger partial charge on any atom is 0.222 e. The van der Waals surface area contributed by atoms with Crippen molar-refractivity contribution in [1.82, 2.24) is 14.9 Å². The van der Waals surface area contributed by atoms with Crippen molar-refractivity contribution < 1.29 is 9.90 Å². The fraction of sp³-hybridized carbons (Fsp3) is 0.483. The molecule has 0 unspecified atom stereocenters. The van der Waals surface area contributed by atoms with Crippen LogP contribution in [0.5, 0.6) is 0 Å². The van der Waals surface area contributed by atoms with Gasteiger partial charge in [-0.3, -0.25) is 4.79 Å². The smallest absolute Gasteiger partial charge is 0.222 e. The predicted molar refractivity (Wildman–Crippen MR) is 143 cm³/mol. The molecule has 2 aliphatic rings. The van der Waals surface area contributed by atoms with E-state index in [0.717, 1.165) is 66.6 Å². The number of nitrogens with zero attached hydrogens (tertiary/aromatic N) is 4. The summed E-state index contributed by atoms with van der Waals surface area (Å²) in [5.74, 6) is 2.53. The lowest BCUT2D eigenvalue weighted by atomic mass is 10.0. The molecule has 1 aliphatic carbocycles. The number of hydrogen-bond acceptors (Lipinski definition) is 5. The topological polar surface area (TPSA) is 69.6 Å². The highest BCUT2D eigenvalue weighted by molar-refractivity contribution is 5.92. The standard InChI is InChI=1S/C29H38N4O2/c1-5-22-10-6-7-11-25(34)27(22)28-30-24-19-21(4)13-14-23(24)29(31-28)33-17-15-32(16-18-33)26(35)12-8-9-20(2)3/h7,10-11,13-14,19-20,34H,5-6,8-9,12,15-18H2,1-4H3. The zero-order chi connectivity index (χ0) is 24.9. The van der Waals surface area contributed by atoms with E-state index < -0.39 is 0 Å². The van der Waals surface area contributed by atoms with Gasteiger partial charge < -0.3 is 14.9 Å². The molecule has 2 heterocycles. The molecule has 186 valence electrons. The highest BCUT2D eigenvalue weighted by Crippen LogP contribution is 2.33. The molecule has 1 N–H and O–H groups in total. The molecule has 0 saturated carbocycles. The Labute approximate surface area is 209 Å². The van der Waals surface area contributed by atoms with Crippen LogP contribution in [-0.2, 0) is 4.79 Å². The fourth-order valence-corrected chi connectivity index (χ4v) is 4.88. The number of fused-ring (bicyclic) bond motifs is 1. The van der Waals surface area contributed by atoms with Gasteiger partial charge in [-0.2, -0.15) is 0 Å². The molecule has 1 aliphatic heterocycles. The van der Waals surface area contributed by atoms with Crippen molar-refractivity contribution in [3.8, 4) is 0 Å². The lowest BCUT2D eigenvalue weighted by molar-refractivity contribution is -0.131. The first kappa shape index (κ1) is 25.0. The second kappa shape index (κ2) is 11.1. The Morgan fingerprint density at radius 3 is 2.63 bits per heavy atom. The molecule has 6 heteroatoms. The summed E-state index contributed by atoms with van der Waals surface area (Å²) < 4.78 is 0. The van der Waals surface area contributed by atoms with E-state index in [9.17, 15) is 9.90 Å². The molecule has 1 amide bonds. The van der Waals surface area contributed by atoms with E-state index in [-0.39, 0.29) is 11.7 Å². The van der Waals surface area contributed by atoms with Crippen LogP contribution in [-0.4, -0.2) is 52.1 Å². The van der Waals surface area contributed by atoms with Crippen molar-refractivity contribution in [2.75, 3.05) is 31.1 Å². The van der Waals surface area contributed by atoms with Gasteiger partial charge in [-0.1, -0.05) is 45.4 Å². The number of allylic oxidation sites excluding steroid dienone is 5. The third-order valence-electron chi connectivity index (χ3n) is 6.89. The number of amides is 1. The summed E-state index contributed by atoms with van der Waals surface area (Å²) in [5, 5.41) is 11.8. The Hall–Kier alpha value is -3.15. The molecule has 2 aromatic rings. The van der Waals surface area contributed by atoms with Crippen LogP contribution in [0.15, 0.2) is 47.8 Å². The van der Waals surface area contributed by atoms with E-state index in [1.54, 1.807) is 6.08 Å². The van der Waals surface area contributed by atoms with Crippen LogP contribution < -0.4 is 4.90 Å². The van der Waals surface area contributed by atoms with Crippen molar-refractivity contribution in [2.45, 2.75) is 59.8 Å². The zero-order valence-electron chi connectivity index (χ0n) is 21.5. The Bertz CT molecular complexity index is 1170. The third kappa shape index (κ3) is 5.75. The van der Waals surface area contributed by atoms with Crippen molar-refractivity contribution in [1.29, 1.82) is 0 Å². The average molecular weight is 475 g/mol. The summed E-state index contributed by atoms with van der Waals surface area (Å²) in [6.07, 6.45) is 10.1. The van der Waals surface area contributed by atoms with E-state index >= 15 is 0 Å². The number of rotatable bonds is 7. The molecule has 0 bridgehead atoms. The third-order valence-corrected chi connectivity index (χ3v) is 6.89. The van der Waals surface area contributed by atoms with Gasteiger partial charge in [0.25, 0.3) is 0 Å². The number of benzene rings is 1. The van der Waals surface area contributed by atoms with E-state index in [1.165, 1.54) is 0 Å². The number of carbonyl (C=O) groups excluding carboxylic acids is 1. The summed E-state index contributed by atoms with van der Waals surface area (Å²) in [7, 11) is 0. The lowest BCUT2D eigenvalue weighted by Crippen LogP contribution is -2.49. The highest BCUT2D eigenvalue weighted by atomic mass is 16.3. The SMILES string of the molecule is CCC1=CCC=CC(O)=C1c1nc(N2CCN(C(=O)CCCC(C)C)CC2)c2ccc(C)cc2n1. The van der Waals surface area contributed by atoms with Gasteiger partial charge >= 0.3 is 0 Å². The van der Waals surface area contributed by atoms with Gasteiger partial charge in [-0.15, -0.1) is 0 Å². The molecule has 1 saturated heterocycles. The maximum absolute atomic E-state index is 12.7. The van der Waals surface area contributed by atoms with Gasteiger partial charge in [0.15, 0.2) is 5.82 Å². The summed E-state index contributed by atoms with van der Waals surface area (Å²) in [4.78, 5) is 26.9. The molecule has 4 rings (SSSR count). The minimum atomic E-state index is 0.213. The van der Waals surface area contributed by atoms with Crippen LogP contribution in [0.1, 0.15) is 64.3 Å². The predicted octanol–water partition coefficient (Wildman–Crippen LogP) is 5.98. The van der Waals surface area contributed by atoms with Crippen LogP contribution in [0, 0.1) is 12.8 Å². The molecule has 35 heavy (non-hydrogen) atoms. The first-order chi connectivity index (χ1) is 16.9. The first-order valence-electron chi connectivity index (χ1n) is 13.0. The van der Waals surface area contributed by atoms with Crippen LogP contribution >= 0.6 is 0 Å². The first-order valence-corrected chi connectivity index (χ1v) is 13.0. The van der Waals surface area contributed by atoms with Crippen LogP contribution in [0.3, 0.4) is 0 Å². The van der Waals surface area contributed by atoms with Gasteiger partial charge in [0.05, 0.1) is 11.1 Å². The number of aromatic nitrogens is 2. The quantitative estimate of drug-likeness (QED) is 0.535. The number of hydrogen-bond donors (Lipinski definition) is 1. The highest BCUT2D eigenvalue weighted by Gasteiger charge is 2.25. The number of anilines is 1. The molecule has 1 fully saturated rings. The Morgan fingerprint density at radius 2 is 1.91 bits per heavy atom. The van der Waals surface area contributed by atoms with Gasteiger partial charge in [0.1, 0.15) is 11.6 Å². The molecule has 6 nitrogen and oxygen atoms in total. The van der Waals surface area contributed by atoms with Crippen molar-refractivity contribution >= 4 is 28.2 Å². The molecular weight excluding hydrogens is 436 g/mol. The average Bonchev–Trinajstić information content (AvgIpc) is 3.03. The molecule has 0 spiro atoms. The Balaban J connectivity index is 1.63. The van der Waals surface area contributed by atoms with Gasteiger partial charge in [0.2, 0.25) is 5.91 Å². The van der Waals surface area contributed by atoms with E-state index in [2.05, 4.69) is 56.9 Å². The molecule has 1 aromatic carbocycles. The van der Waals surface area contributed by atoms with Crippen LogP contribution in [0.25, 0.3) is 16.5 Å². The zero-order valence-corrected chi connectivity index (χ0v) is 21.5. The largest absolute Gasteiger partial charge is 0.507 e. The molecule has 0 radical (unpaired) electrons. The van der Waals surface area contributed by atoms with Crippen molar-refractivity contribution in [3.63, 3.8) is 0 Å². The van der Waals surface area contributed by atoms with E-state index in [0.29, 0.717) is 36.8 Å². The van der Waals surface area contributed by atoms with Crippen LogP contribution in [0.4, 0.5) is 5.82 Å². The minimum absolute atomic E-state index is 0.213. The normalized spacial score (nSPS) is 16.8. The van der Waals surface area contributed by atoms with Gasteiger partial charge in [0, 0.05) is 38.0 Å². The monoisotopic (exact) mass is 474 g/mol. The Kier molecular flexibility index (Phi) is 7.89. The molecule has 0 atom stereocenters.